The Bertz CT molecular complexity index is 134. The standard InChI is InChI=1S/C5H11NO2S/c1-9-3-2-4(6)5(7)8/h4H,2-3,6H2,1H3,(H,7,8)/i/hD2. The maximum absolute atomic E-state index is 10.4. The smallest absolute Gasteiger partial charge is 0.320 e. The zero-order chi connectivity index (χ0) is 8.85. The molecule has 0 radical (unpaired) electrons. The Balaban J connectivity index is 3.80. The van der Waals surface area contributed by atoms with Crippen molar-refractivity contribution in [3.63, 3.8) is 0 Å². The molecule has 0 bridgehead atoms. The number of nitrogens with two attached hydrogens (primary N) is 1. The van der Waals surface area contributed by atoms with Gasteiger partial charge in [0.25, 0.3) is 0 Å². The number of hydrogen-bond acceptors (Lipinski definition) is 3. The van der Waals surface area contributed by atoms with E-state index in [1.807, 2.05) is 6.26 Å². The van der Waals surface area contributed by atoms with Crippen LogP contribution in [0.5, 0.6) is 0 Å². The third-order valence-corrected chi connectivity index (χ3v) is 1.52. The first-order valence-corrected chi connectivity index (χ1v) is 3.97. The molecule has 0 rings (SSSR count). The van der Waals surface area contributed by atoms with Gasteiger partial charge in [-0.15, -0.1) is 0 Å². The molecule has 9 heavy (non-hydrogen) atoms. The van der Waals surface area contributed by atoms with Gasteiger partial charge < -0.3 is 10.8 Å². The zero-order valence-corrected chi connectivity index (χ0v) is 6.02. The van der Waals surface area contributed by atoms with Gasteiger partial charge in [0.1, 0.15) is 8.87 Å². The summed E-state index contributed by atoms with van der Waals surface area (Å²) in [5.74, 6) is -0.449. The molecule has 0 spiro atoms. The Morgan fingerprint density at radius 2 is 2.78 bits per heavy atom. The quantitative estimate of drug-likeness (QED) is 0.587. The minimum atomic E-state index is -1.11. The molecule has 1 atom stereocenters. The van der Waals surface area contributed by atoms with Crippen molar-refractivity contribution in [3.8, 4) is 0 Å². The van der Waals surface area contributed by atoms with Crippen molar-refractivity contribution in [1.29, 1.82) is 0 Å². The van der Waals surface area contributed by atoms with Gasteiger partial charge in [-0.25, -0.2) is 0 Å². The van der Waals surface area contributed by atoms with E-state index in [0.29, 0.717) is 12.2 Å². The minimum Gasteiger partial charge on any atom is -0.480 e. The molecule has 0 aliphatic rings. The summed E-state index contributed by atoms with van der Waals surface area (Å²) in [4.78, 5) is 10.4. The van der Waals surface area contributed by atoms with Gasteiger partial charge in [0, 0.05) is 0 Å². The lowest BCUT2D eigenvalue weighted by Gasteiger charge is -2.02. The lowest BCUT2D eigenvalue weighted by Crippen LogP contribution is -2.30. The fraction of sp³-hybridized carbons (Fsp3) is 0.800. The molecular formula is C5H11NO2S. The molecule has 0 aliphatic heterocycles. The van der Waals surface area contributed by atoms with Crippen molar-refractivity contribution in [2.75, 3.05) is 12.0 Å². The summed E-state index contributed by atoms with van der Waals surface area (Å²) in [7, 11) is 0. The predicted octanol–water partition coefficient (Wildman–Crippen LogP) is 0.151. The Morgan fingerprint density at radius 3 is 3.11 bits per heavy atom. The van der Waals surface area contributed by atoms with Crippen LogP contribution in [0.3, 0.4) is 0 Å². The van der Waals surface area contributed by atoms with Crippen LogP contribution in [0.15, 0.2) is 0 Å². The molecule has 0 saturated heterocycles. The summed E-state index contributed by atoms with van der Waals surface area (Å²) in [6.45, 7) is 0. The van der Waals surface area contributed by atoms with Crippen molar-refractivity contribution in [1.82, 2.24) is 0 Å². The molecule has 54 valence electrons. The van der Waals surface area contributed by atoms with E-state index in [9.17, 15) is 4.79 Å². The molecule has 0 amide bonds. The highest BCUT2D eigenvalue weighted by Gasteiger charge is 2.08. The Labute approximate surface area is 61.5 Å². The average Bonchev–Trinajstić information content (AvgIpc) is 1.87. The summed E-state index contributed by atoms with van der Waals surface area (Å²) in [5.41, 5.74) is 0.235. The van der Waals surface area contributed by atoms with Crippen LogP contribution in [-0.2, 0) is 4.79 Å². The van der Waals surface area contributed by atoms with E-state index in [-0.39, 0.29) is 5.72 Å². The number of hydrogen-bond donors (Lipinski definition) is 2. The zero-order valence-electron chi connectivity index (χ0n) is 7.20. The van der Waals surface area contributed by atoms with Crippen molar-refractivity contribution in [2.45, 2.75) is 12.5 Å². The van der Waals surface area contributed by atoms with Gasteiger partial charge in [-0.05, 0) is 18.4 Å². The summed E-state index contributed by atoms with van der Waals surface area (Å²) >= 11 is 1.51. The van der Waals surface area contributed by atoms with E-state index < -0.39 is 12.0 Å². The Hall–Kier alpha value is -0.220. The fourth-order valence-corrected chi connectivity index (χ4v) is 0.812. The van der Waals surface area contributed by atoms with E-state index in [1.54, 1.807) is 0 Å². The molecule has 0 fully saturated rings. The SMILES string of the molecule is [2H]N([2H])C(CCSC)C(=O)O. The first kappa shape index (κ1) is 5.56. The van der Waals surface area contributed by atoms with Crippen LogP contribution in [0.1, 0.15) is 6.42 Å². The summed E-state index contributed by atoms with van der Waals surface area (Å²) < 4.78 is 13.5. The van der Waals surface area contributed by atoms with Crippen molar-refractivity contribution in [2.24, 2.45) is 5.72 Å². The van der Waals surface area contributed by atoms with Gasteiger partial charge >= 0.3 is 5.97 Å². The summed E-state index contributed by atoms with van der Waals surface area (Å²) in [5, 5.41) is 8.48. The molecule has 0 saturated carbocycles. The Kier molecular flexibility index (Phi) is 2.86. The van der Waals surface area contributed by atoms with E-state index in [1.165, 1.54) is 11.8 Å². The second-order valence-corrected chi connectivity index (χ2v) is 2.62. The predicted molar refractivity (Wildman–Crippen MR) is 38.6 cm³/mol. The lowest BCUT2D eigenvalue weighted by molar-refractivity contribution is -0.138. The van der Waals surface area contributed by atoms with Crippen LogP contribution in [0.25, 0.3) is 0 Å². The molecule has 4 heteroatoms. The Morgan fingerprint density at radius 1 is 2.11 bits per heavy atom. The number of carboxylic acid groups (broad SMARTS) is 1. The number of carboxylic acids is 1. The number of aliphatic carboxylic acids is 1. The van der Waals surface area contributed by atoms with Gasteiger partial charge in [-0.2, -0.15) is 11.8 Å². The van der Waals surface area contributed by atoms with Gasteiger partial charge in [0.2, 0.25) is 0 Å². The molecule has 0 aromatic carbocycles. The molecular weight excluding hydrogens is 138 g/mol. The van der Waals surface area contributed by atoms with E-state index >= 15 is 0 Å². The van der Waals surface area contributed by atoms with Crippen molar-refractivity contribution >= 4 is 17.7 Å². The highest BCUT2D eigenvalue weighted by molar-refractivity contribution is 7.98. The first-order chi connectivity index (χ1) is 5.09. The normalized spacial score (nSPS) is 16.7. The summed E-state index contributed by atoms with van der Waals surface area (Å²) in [6.07, 6.45) is 2.20. The van der Waals surface area contributed by atoms with Gasteiger partial charge in [-0.3, -0.25) is 4.79 Å². The highest BCUT2D eigenvalue weighted by Crippen LogP contribution is 1.97. The van der Waals surface area contributed by atoms with Gasteiger partial charge in [0.15, 0.2) is 0 Å². The van der Waals surface area contributed by atoms with Crippen LogP contribution in [0, 0.1) is 0 Å². The molecule has 1 unspecified atom stereocenters. The second kappa shape index (κ2) is 4.64. The van der Waals surface area contributed by atoms with E-state index in [0.717, 1.165) is 0 Å². The lowest BCUT2D eigenvalue weighted by atomic mass is 10.2. The molecule has 3 N–H and O–H groups in total. The largest absolute Gasteiger partial charge is 0.480 e. The van der Waals surface area contributed by atoms with Crippen LogP contribution in [0.4, 0.5) is 0 Å². The van der Waals surface area contributed by atoms with Crippen molar-refractivity contribution < 1.29 is 12.7 Å². The van der Waals surface area contributed by atoms with Crippen LogP contribution in [0.2, 0.25) is 2.82 Å². The number of thioether (sulfide) groups is 1. The third-order valence-electron chi connectivity index (χ3n) is 0.880. The highest BCUT2D eigenvalue weighted by atomic mass is 32.2. The third kappa shape index (κ3) is 4.29. The van der Waals surface area contributed by atoms with Gasteiger partial charge in [-0.1, -0.05) is 0 Å². The molecule has 3 nitrogen and oxygen atoms in total. The van der Waals surface area contributed by atoms with Crippen LogP contribution >= 0.6 is 11.8 Å². The van der Waals surface area contributed by atoms with E-state index in [4.69, 9.17) is 7.93 Å². The first-order valence-electron chi connectivity index (χ1n) is 3.47. The maximum atomic E-state index is 10.4. The summed E-state index contributed by atoms with van der Waals surface area (Å²) in [6, 6.07) is -0.998. The molecule has 0 aromatic heterocycles. The number of rotatable bonds is 5. The van der Waals surface area contributed by atoms with Crippen molar-refractivity contribution in [3.05, 3.63) is 0 Å². The minimum absolute atomic E-state index is 0.235. The van der Waals surface area contributed by atoms with E-state index in [2.05, 4.69) is 0 Å². The maximum Gasteiger partial charge on any atom is 0.320 e. The average molecular weight is 151 g/mol. The van der Waals surface area contributed by atoms with Gasteiger partial charge in [0.05, 0.1) is 0 Å². The number of carbonyl (C=O) groups is 1. The monoisotopic (exact) mass is 151 g/mol. The fourth-order valence-electron chi connectivity index (χ4n) is 0.353. The topological polar surface area (TPSA) is 63.3 Å². The molecule has 0 aromatic rings. The molecule has 0 heterocycles. The second-order valence-electron chi connectivity index (χ2n) is 1.64. The van der Waals surface area contributed by atoms with Crippen LogP contribution in [-0.4, -0.2) is 29.1 Å². The molecule has 0 aliphatic carbocycles. The van der Waals surface area contributed by atoms with Crippen LogP contribution < -0.4 is 5.72 Å².